The molecule has 2 aliphatic rings. The SMILES string of the molecule is CCCc1cc(OC(F)(F)F)c2c(c1)C1(C)CNCCN1C2=O. The number of amides is 1. The molecule has 7 heteroatoms. The lowest BCUT2D eigenvalue weighted by Crippen LogP contribution is -2.55. The molecule has 1 unspecified atom stereocenters. The first-order valence-electron chi connectivity index (χ1n) is 7.72. The number of hydrogen-bond donors (Lipinski definition) is 1. The van der Waals surface area contributed by atoms with E-state index in [1.54, 1.807) is 4.90 Å². The van der Waals surface area contributed by atoms with Crippen molar-refractivity contribution >= 4 is 5.91 Å². The molecule has 23 heavy (non-hydrogen) atoms. The van der Waals surface area contributed by atoms with Crippen LogP contribution in [0.1, 0.15) is 41.8 Å². The maximum Gasteiger partial charge on any atom is 0.573 e. The molecule has 3 rings (SSSR count). The van der Waals surface area contributed by atoms with Crippen molar-refractivity contribution in [3.8, 4) is 5.75 Å². The number of hydrogen-bond acceptors (Lipinski definition) is 3. The van der Waals surface area contributed by atoms with E-state index in [0.717, 1.165) is 12.0 Å². The summed E-state index contributed by atoms with van der Waals surface area (Å²) in [5.41, 5.74) is 0.804. The van der Waals surface area contributed by atoms with Gasteiger partial charge in [0.15, 0.2) is 0 Å². The quantitative estimate of drug-likeness (QED) is 0.928. The monoisotopic (exact) mass is 328 g/mol. The number of nitrogens with one attached hydrogen (secondary N) is 1. The molecule has 1 fully saturated rings. The Hall–Kier alpha value is -1.76. The molecule has 126 valence electrons. The van der Waals surface area contributed by atoms with E-state index >= 15 is 0 Å². The van der Waals surface area contributed by atoms with E-state index < -0.39 is 11.9 Å². The van der Waals surface area contributed by atoms with Crippen LogP contribution >= 0.6 is 0 Å². The predicted molar refractivity (Wildman–Crippen MR) is 78.4 cm³/mol. The molecule has 1 atom stereocenters. The first-order chi connectivity index (χ1) is 10.8. The van der Waals surface area contributed by atoms with Crippen molar-refractivity contribution < 1.29 is 22.7 Å². The van der Waals surface area contributed by atoms with E-state index in [2.05, 4.69) is 10.1 Å². The van der Waals surface area contributed by atoms with Gasteiger partial charge in [0, 0.05) is 19.6 Å². The molecular formula is C16H19F3N2O2. The number of rotatable bonds is 3. The zero-order chi connectivity index (χ0) is 16.8. The largest absolute Gasteiger partial charge is 0.573 e. The summed E-state index contributed by atoms with van der Waals surface area (Å²) in [5.74, 6) is -0.759. The topological polar surface area (TPSA) is 41.6 Å². The Labute approximate surface area is 132 Å². The highest BCUT2D eigenvalue weighted by Gasteiger charge is 2.50. The zero-order valence-corrected chi connectivity index (χ0v) is 13.1. The lowest BCUT2D eigenvalue weighted by Gasteiger charge is -2.40. The fourth-order valence-corrected chi connectivity index (χ4v) is 3.52. The van der Waals surface area contributed by atoms with Gasteiger partial charge in [0.25, 0.3) is 5.91 Å². The molecule has 2 heterocycles. The summed E-state index contributed by atoms with van der Waals surface area (Å²) >= 11 is 0. The third kappa shape index (κ3) is 2.67. The fourth-order valence-electron chi connectivity index (χ4n) is 3.52. The van der Waals surface area contributed by atoms with Crippen LogP contribution in [-0.4, -0.2) is 36.8 Å². The van der Waals surface area contributed by atoms with Crippen LogP contribution < -0.4 is 10.1 Å². The minimum Gasteiger partial charge on any atom is -0.405 e. The van der Waals surface area contributed by atoms with Crippen molar-refractivity contribution in [3.63, 3.8) is 0 Å². The molecule has 1 N–H and O–H groups in total. The van der Waals surface area contributed by atoms with Crippen molar-refractivity contribution in [1.29, 1.82) is 0 Å². The molecule has 4 nitrogen and oxygen atoms in total. The summed E-state index contributed by atoms with van der Waals surface area (Å²) in [6.45, 7) is 5.47. The number of alkyl halides is 3. The number of ether oxygens (including phenoxy) is 1. The highest BCUT2D eigenvalue weighted by molar-refractivity contribution is 6.03. The van der Waals surface area contributed by atoms with Gasteiger partial charge in [-0.1, -0.05) is 19.4 Å². The van der Waals surface area contributed by atoms with Crippen molar-refractivity contribution in [2.24, 2.45) is 0 Å². The summed E-state index contributed by atoms with van der Waals surface area (Å²) in [4.78, 5) is 14.3. The molecule has 0 aliphatic carbocycles. The van der Waals surface area contributed by atoms with Crippen LogP contribution in [-0.2, 0) is 12.0 Å². The van der Waals surface area contributed by atoms with Crippen LogP contribution in [0.3, 0.4) is 0 Å². The summed E-state index contributed by atoms with van der Waals surface area (Å²) in [6.07, 6.45) is -3.38. The Kier molecular flexibility index (Phi) is 3.78. The standard InChI is InChI=1S/C16H19F3N2O2/c1-3-4-10-7-11-13(12(8-10)23-16(17,18)19)14(22)21-6-5-20-9-15(11,21)2/h7-8,20H,3-6,9H2,1-2H3. The number of aryl methyl sites for hydroxylation is 1. The Morgan fingerprint density at radius 3 is 2.78 bits per heavy atom. The lowest BCUT2D eigenvalue weighted by molar-refractivity contribution is -0.274. The van der Waals surface area contributed by atoms with Crippen molar-refractivity contribution in [1.82, 2.24) is 10.2 Å². The van der Waals surface area contributed by atoms with E-state index in [9.17, 15) is 18.0 Å². The molecule has 1 aromatic carbocycles. The number of carbonyl (C=O) groups excluding carboxylic acids is 1. The van der Waals surface area contributed by atoms with E-state index in [4.69, 9.17) is 0 Å². The molecule has 0 bridgehead atoms. The molecule has 0 saturated carbocycles. The van der Waals surface area contributed by atoms with Gasteiger partial charge >= 0.3 is 6.36 Å². The first kappa shape index (κ1) is 16.1. The number of halogens is 3. The molecule has 1 saturated heterocycles. The summed E-state index contributed by atoms with van der Waals surface area (Å²) in [6, 6.07) is 3.20. The van der Waals surface area contributed by atoms with Gasteiger partial charge in [-0.15, -0.1) is 13.2 Å². The van der Waals surface area contributed by atoms with Crippen LogP contribution in [0.5, 0.6) is 5.75 Å². The Morgan fingerprint density at radius 2 is 2.13 bits per heavy atom. The van der Waals surface area contributed by atoms with Gasteiger partial charge in [-0.2, -0.15) is 0 Å². The number of carbonyl (C=O) groups is 1. The average Bonchev–Trinajstić information content (AvgIpc) is 2.67. The van der Waals surface area contributed by atoms with Gasteiger partial charge in [0.2, 0.25) is 0 Å². The molecule has 1 aromatic rings. The summed E-state index contributed by atoms with van der Waals surface area (Å²) < 4.78 is 42.5. The first-order valence-corrected chi connectivity index (χ1v) is 7.72. The highest BCUT2D eigenvalue weighted by Crippen LogP contribution is 2.45. The molecule has 1 amide bonds. The maximum atomic E-state index is 12.8. The normalized spacial score (nSPS) is 23.7. The van der Waals surface area contributed by atoms with Crippen LogP contribution in [0.4, 0.5) is 13.2 Å². The smallest absolute Gasteiger partial charge is 0.405 e. The Morgan fingerprint density at radius 1 is 1.39 bits per heavy atom. The fraction of sp³-hybridized carbons (Fsp3) is 0.562. The Bertz CT molecular complexity index is 645. The number of benzene rings is 1. The van der Waals surface area contributed by atoms with Gasteiger partial charge in [0.1, 0.15) is 5.75 Å². The molecule has 0 aromatic heterocycles. The minimum absolute atomic E-state index is 0.0494. The second kappa shape index (κ2) is 5.40. The third-order valence-corrected chi connectivity index (χ3v) is 4.54. The second-order valence-electron chi connectivity index (χ2n) is 6.22. The van der Waals surface area contributed by atoms with Crippen molar-refractivity contribution in [2.45, 2.75) is 38.6 Å². The number of nitrogens with zero attached hydrogens (tertiary/aromatic N) is 1. The minimum atomic E-state index is -4.82. The van der Waals surface area contributed by atoms with E-state index in [0.29, 0.717) is 31.6 Å². The third-order valence-electron chi connectivity index (χ3n) is 4.54. The molecule has 2 aliphatic heterocycles. The van der Waals surface area contributed by atoms with E-state index in [-0.39, 0.29) is 17.2 Å². The van der Waals surface area contributed by atoms with Crippen LogP contribution in [0, 0.1) is 0 Å². The van der Waals surface area contributed by atoms with Gasteiger partial charge in [0.05, 0.1) is 11.1 Å². The van der Waals surface area contributed by atoms with Crippen LogP contribution in [0.15, 0.2) is 12.1 Å². The van der Waals surface area contributed by atoms with Gasteiger partial charge in [-0.05, 0) is 30.5 Å². The number of fused-ring (bicyclic) bond motifs is 3. The van der Waals surface area contributed by atoms with Gasteiger partial charge in [-0.3, -0.25) is 4.79 Å². The number of piperazine rings is 1. The lowest BCUT2D eigenvalue weighted by atomic mass is 9.88. The summed E-state index contributed by atoms with van der Waals surface area (Å²) in [7, 11) is 0. The van der Waals surface area contributed by atoms with Crippen LogP contribution in [0.2, 0.25) is 0 Å². The second-order valence-corrected chi connectivity index (χ2v) is 6.22. The summed E-state index contributed by atoms with van der Waals surface area (Å²) in [5, 5.41) is 3.22. The van der Waals surface area contributed by atoms with Gasteiger partial charge < -0.3 is 15.0 Å². The molecular weight excluding hydrogens is 309 g/mol. The van der Waals surface area contributed by atoms with Crippen LogP contribution in [0.25, 0.3) is 0 Å². The van der Waals surface area contributed by atoms with Crippen molar-refractivity contribution in [3.05, 3.63) is 28.8 Å². The predicted octanol–water partition coefficient (Wildman–Crippen LogP) is 2.81. The van der Waals surface area contributed by atoms with E-state index in [1.807, 2.05) is 19.9 Å². The van der Waals surface area contributed by atoms with Gasteiger partial charge in [-0.25, -0.2) is 0 Å². The Balaban J connectivity index is 2.16. The highest BCUT2D eigenvalue weighted by atomic mass is 19.4. The average molecular weight is 328 g/mol. The van der Waals surface area contributed by atoms with Crippen molar-refractivity contribution in [2.75, 3.05) is 19.6 Å². The van der Waals surface area contributed by atoms with E-state index in [1.165, 1.54) is 6.07 Å². The molecule has 0 radical (unpaired) electrons. The zero-order valence-electron chi connectivity index (χ0n) is 13.1. The molecule has 0 spiro atoms. The maximum absolute atomic E-state index is 12.8.